The third kappa shape index (κ3) is 2.27. The molecule has 0 bridgehead atoms. The van der Waals surface area contributed by atoms with Crippen LogP contribution in [0.15, 0.2) is 0 Å². The maximum absolute atomic E-state index is 10.4. The molecule has 0 spiro atoms. The van der Waals surface area contributed by atoms with Crippen LogP contribution in [-0.4, -0.2) is 37.3 Å². The molecule has 0 aromatic carbocycles. The number of rotatable bonds is 5. The summed E-state index contributed by atoms with van der Waals surface area (Å²) >= 11 is 0. The van der Waals surface area contributed by atoms with E-state index < -0.39 is 0 Å². The minimum atomic E-state index is 0.0650. The Labute approximate surface area is 64.1 Å². The number of hydrogen-bond acceptors (Lipinski definition) is 0. The second-order valence-corrected chi connectivity index (χ2v) is 2.72. The summed E-state index contributed by atoms with van der Waals surface area (Å²) in [5.41, 5.74) is 0. The molecule has 0 aliphatic heterocycles. The minimum absolute atomic E-state index is 0.0650. The van der Waals surface area contributed by atoms with Gasteiger partial charge in [0.25, 0.3) is 0 Å². The maximum atomic E-state index is 10.4. The lowest BCUT2D eigenvalue weighted by molar-refractivity contribution is -0.923. The molecule has 2 nitrogen and oxygen atoms in total. The van der Waals surface area contributed by atoms with Gasteiger partial charge in [-0.2, -0.15) is 0 Å². The van der Waals surface area contributed by atoms with Gasteiger partial charge in [-0.15, -0.1) is 0 Å². The molecule has 0 aliphatic carbocycles. The van der Waals surface area contributed by atoms with Gasteiger partial charge in [0.2, 0.25) is 0 Å². The molecule has 0 saturated carbocycles. The van der Waals surface area contributed by atoms with Crippen LogP contribution in [-0.2, 0) is 5.11 Å². The lowest BCUT2D eigenvalue weighted by Crippen LogP contribution is -2.49. The summed E-state index contributed by atoms with van der Waals surface area (Å²) in [6.07, 6.45) is 0. The Bertz CT molecular complexity index is 71.1. The van der Waals surface area contributed by atoms with Gasteiger partial charge in [0.05, 0.1) is 19.6 Å². The van der Waals surface area contributed by atoms with E-state index in [0.717, 1.165) is 30.7 Å². The number of likely N-dealkylation sites (N-methyl/N-ethyl adjacent to an activating group) is 1. The Morgan fingerprint density at radius 1 is 1.00 bits per heavy atom. The van der Waals surface area contributed by atoms with Crippen molar-refractivity contribution in [2.45, 2.75) is 20.8 Å². The molecule has 2 heteroatoms. The standard InChI is InChI=1S/C8H19NO/c1-4-9(5-2,6-3)7-8-10/h4-8H2,1-3H3/q+1. The van der Waals surface area contributed by atoms with Crippen molar-refractivity contribution in [3.8, 4) is 0 Å². The van der Waals surface area contributed by atoms with Crippen molar-refractivity contribution in [3.05, 3.63) is 0 Å². The van der Waals surface area contributed by atoms with E-state index in [1.165, 1.54) is 0 Å². The van der Waals surface area contributed by atoms with Crippen molar-refractivity contribution in [3.63, 3.8) is 0 Å². The quantitative estimate of drug-likeness (QED) is 0.520. The first-order valence-electron chi connectivity index (χ1n) is 4.17. The lowest BCUT2D eigenvalue weighted by Gasteiger charge is -2.34. The molecule has 0 heterocycles. The second-order valence-electron chi connectivity index (χ2n) is 2.72. The minimum Gasteiger partial charge on any atom is -0.322 e. The van der Waals surface area contributed by atoms with Crippen LogP contribution in [0.5, 0.6) is 0 Å². The third-order valence-corrected chi connectivity index (χ3v) is 2.58. The van der Waals surface area contributed by atoms with Crippen LogP contribution in [0.2, 0.25) is 0 Å². The topological polar surface area (TPSA) is 19.9 Å². The van der Waals surface area contributed by atoms with Crippen LogP contribution in [0, 0.1) is 0 Å². The van der Waals surface area contributed by atoms with Crippen molar-refractivity contribution >= 4 is 0 Å². The van der Waals surface area contributed by atoms with Crippen molar-refractivity contribution in [2.75, 3.05) is 32.8 Å². The van der Waals surface area contributed by atoms with Gasteiger partial charge in [-0.3, -0.25) is 0 Å². The fraction of sp³-hybridized carbons (Fsp3) is 1.00. The summed E-state index contributed by atoms with van der Waals surface area (Å²) in [5.74, 6) is 0. The van der Waals surface area contributed by atoms with Crippen LogP contribution in [0.4, 0.5) is 0 Å². The Hall–Kier alpha value is -0.0800. The molecule has 0 fully saturated rings. The monoisotopic (exact) mass is 145 g/mol. The lowest BCUT2D eigenvalue weighted by atomic mass is 10.3. The van der Waals surface area contributed by atoms with Crippen molar-refractivity contribution < 1.29 is 9.59 Å². The van der Waals surface area contributed by atoms with Gasteiger partial charge in [0.1, 0.15) is 13.2 Å². The molecule has 0 atom stereocenters. The summed E-state index contributed by atoms with van der Waals surface area (Å²) in [7, 11) is 0. The highest BCUT2D eigenvalue weighted by molar-refractivity contribution is 4.35. The molecule has 10 heavy (non-hydrogen) atoms. The van der Waals surface area contributed by atoms with E-state index in [1.54, 1.807) is 0 Å². The number of nitrogens with zero attached hydrogens (tertiary/aromatic N) is 1. The maximum Gasteiger partial charge on any atom is 0.131 e. The highest BCUT2D eigenvalue weighted by atomic mass is 16.3. The van der Waals surface area contributed by atoms with Gasteiger partial charge in [-0.25, -0.2) is 5.11 Å². The predicted molar refractivity (Wildman–Crippen MR) is 42.3 cm³/mol. The van der Waals surface area contributed by atoms with E-state index in [1.807, 2.05) is 0 Å². The summed E-state index contributed by atoms with van der Waals surface area (Å²) in [5, 5.41) is 10.4. The third-order valence-electron chi connectivity index (χ3n) is 2.58. The molecule has 0 rings (SSSR count). The number of quaternary nitrogens is 1. The van der Waals surface area contributed by atoms with Crippen molar-refractivity contribution in [2.24, 2.45) is 0 Å². The number of hydrogen-bond donors (Lipinski definition) is 0. The summed E-state index contributed by atoms with van der Waals surface area (Å²) < 4.78 is 0.990. The van der Waals surface area contributed by atoms with Crippen molar-refractivity contribution in [1.82, 2.24) is 0 Å². The molecule has 0 N–H and O–H groups in total. The van der Waals surface area contributed by atoms with Crippen LogP contribution < -0.4 is 0 Å². The van der Waals surface area contributed by atoms with Gasteiger partial charge in [-0.05, 0) is 20.8 Å². The van der Waals surface area contributed by atoms with Gasteiger partial charge in [0.15, 0.2) is 0 Å². The Morgan fingerprint density at radius 3 is 1.50 bits per heavy atom. The smallest absolute Gasteiger partial charge is 0.131 e. The van der Waals surface area contributed by atoms with Crippen molar-refractivity contribution in [1.29, 1.82) is 0 Å². The molecule has 0 aromatic heterocycles. The molecule has 0 unspecified atom stereocenters. The summed E-state index contributed by atoms with van der Waals surface area (Å²) in [6.45, 7) is 10.6. The van der Waals surface area contributed by atoms with E-state index >= 15 is 0 Å². The summed E-state index contributed by atoms with van der Waals surface area (Å²) in [4.78, 5) is 0. The Morgan fingerprint density at radius 2 is 1.40 bits per heavy atom. The molecule has 0 aliphatic rings. The predicted octanol–water partition coefficient (Wildman–Crippen LogP) is 1.29. The molecular formula is C8H19NO+. The van der Waals surface area contributed by atoms with Crippen LogP contribution in [0.1, 0.15) is 20.8 Å². The Kier molecular flexibility index (Phi) is 4.65. The first-order valence-corrected chi connectivity index (χ1v) is 4.17. The highest BCUT2D eigenvalue weighted by Gasteiger charge is 2.19. The average molecular weight is 145 g/mol. The molecule has 61 valence electrons. The van der Waals surface area contributed by atoms with E-state index in [-0.39, 0.29) is 6.61 Å². The van der Waals surface area contributed by atoms with Crippen LogP contribution in [0.3, 0.4) is 0 Å². The van der Waals surface area contributed by atoms with Crippen LogP contribution in [0.25, 0.3) is 0 Å². The van der Waals surface area contributed by atoms with E-state index in [2.05, 4.69) is 20.8 Å². The molecule has 0 amide bonds. The fourth-order valence-corrected chi connectivity index (χ4v) is 1.34. The summed E-state index contributed by atoms with van der Waals surface area (Å²) in [6, 6.07) is 0. The molecule has 0 saturated heterocycles. The van der Waals surface area contributed by atoms with Gasteiger partial charge < -0.3 is 4.48 Å². The van der Waals surface area contributed by atoms with Gasteiger partial charge >= 0.3 is 0 Å². The van der Waals surface area contributed by atoms with Crippen LogP contribution >= 0.6 is 0 Å². The highest BCUT2D eigenvalue weighted by Crippen LogP contribution is 2.03. The van der Waals surface area contributed by atoms with Gasteiger partial charge in [0, 0.05) is 0 Å². The zero-order valence-electron chi connectivity index (χ0n) is 7.39. The second kappa shape index (κ2) is 4.69. The van der Waals surface area contributed by atoms with E-state index in [9.17, 15) is 5.11 Å². The zero-order valence-corrected chi connectivity index (χ0v) is 7.39. The zero-order chi connectivity index (χ0) is 8.04. The largest absolute Gasteiger partial charge is 0.322 e. The molecule has 0 aromatic rings. The first-order chi connectivity index (χ1) is 4.74. The normalized spacial score (nSPS) is 12.0. The molecule has 1 radical (unpaired) electrons. The van der Waals surface area contributed by atoms with E-state index in [0.29, 0.717) is 0 Å². The Balaban J connectivity index is 3.87. The van der Waals surface area contributed by atoms with E-state index in [4.69, 9.17) is 0 Å². The molecular weight excluding hydrogens is 126 g/mol. The van der Waals surface area contributed by atoms with Gasteiger partial charge in [-0.1, -0.05) is 0 Å². The fourth-order valence-electron chi connectivity index (χ4n) is 1.34. The average Bonchev–Trinajstić information content (AvgIpc) is 2.01. The SMILES string of the molecule is CC[N+](CC)(CC)CC[O]. The first kappa shape index (κ1) is 9.92.